The molecule has 6 rings (SSSR count). The molecular weight excluding hydrogens is 486 g/mol. The Labute approximate surface area is 217 Å². The van der Waals surface area contributed by atoms with Gasteiger partial charge in [0.25, 0.3) is 5.56 Å². The van der Waals surface area contributed by atoms with E-state index in [9.17, 15) is 13.6 Å². The van der Waals surface area contributed by atoms with Crippen LogP contribution in [0.5, 0.6) is 0 Å². The lowest BCUT2D eigenvalue weighted by Gasteiger charge is -2.31. The first kappa shape index (κ1) is 23.5. The summed E-state index contributed by atoms with van der Waals surface area (Å²) in [6.07, 6.45) is 6.53. The molecule has 0 N–H and O–H groups in total. The van der Waals surface area contributed by atoms with E-state index in [0.29, 0.717) is 9.33 Å². The van der Waals surface area contributed by atoms with Crippen LogP contribution in [0.3, 0.4) is 0 Å². The Bertz CT molecular complexity index is 1740. The summed E-state index contributed by atoms with van der Waals surface area (Å²) in [7, 11) is 0. The van der Waals surface area contributed by atoms with Crippen molar-refractivity contribution in [3.05, 3.63) is 143 Å². The van der Waals surface area contributed by atoms with Crippen LogP contribution in [0.1, 0.15) is 47.6 Å². The minimum atomic E-state index is -0.359. The van der Waals surface area contributed by atoms with Gasteiger partial charge in [0.05, 0.1) is 16.3 Å². The van der Waals surface area contributed by atoms with E-state index in [2.05, 4.69) is 6.08 Å². The number of thiazole rings is 1. The fourth-order valence-electron chi connectivity index (χ4n) is 5.15. The van der Waals surface area contributed by atoms with Gasteiger partial charge in [-0.05, 0) is 96.0 Å². The van der Waals surface area contributed by atoms with Crippen molar-refractivity contribution in [3.63, 3.8) is 0 Å². The molecule has 1 aromatic heterocycles. The van der Waals surface area contributed by atoms with E-state index in [1.54, 1.807) is 28.8 Å². The van der Waals surface area contributed by atoms with Crippen molar-refractivity contribution in [3.8, 4) is 0 Å². The summed E-state index contributed by atoms with van der Waals surface area (Å²) in [4.78, 5) is 19.4. The number of hydrogen-bond donors (Lipinski definition) is 0. The summed E-state index contributed by atoms with van der Waals surface area (Å²) < 4.78 is 29.7. The molecule has 1 aliphatic heterocycles. The fraction of sp³-hybridized carbons (Fsp3) is 0.161. The van der Waals surface area contributed by atoms with E-state index in [1.165, 1.54) is 35.6 Å². The van der Waals surface area contributed by atoms with Crippen LogP contribution in [0.4, 0.5) is 8.78 Å². The molecule has 0 radical (unpaired) electrons. The topological polar surface area (TPSA) is 34.4 Å². The van der Waals surface area contributed by atoms with E-state index in [4.69, 9.17) is 4.99 Å². The molecule has 2 heterocycles. The van der Waals surface area contributed by atoms with Crippen molar-refractivity contribution in [2.45, 2.75) is 32.2 Å². The Morgan fingerprint density at radius 1 is 0.919 bits per heavy atom. The summed E-state index contributed by atoms with van der Waals surface area (Å²) in [5, 5.41) is 0. The second-order valence-corrected chi connectivity index (χ2v) is 10.4. The number of allylic oxidation sites excluding steroid dienone is 2. The summed E-state index contributed by atoms with van der Waals surface area (Å²) in [6, 6.07) is 20.4. The Kier molecular flexibility index (Phi) is 6.05. The predicted molar refractivity (Wildman–Crippen MR) is 144 cm³/mol. The van der Waals surface area contributed by atoms with E-state index in [1.807, 2.05) is 37.3 Å². The maximum atomic E-state index is 13.8. The van der Waals surface area contributed by atoms with Gasteiger partial charge in [0.2, 0.25) is 0 Å². The molecule has 184 valence electrons. The van der Waals surface area contributed by atoms with Gasteiger partial charge >= 0.3 is 0 Å². The Hall–Kier alpha value is -3.90. The Balaban J connectivity index is 1.58. The average Bonchev–Trinajstić information content (AvgIpc) is 3.21. The van der Waals surface area contributed by atoms with Crippen molar-refractivity contribution in [1.82, 2.24) is 4.57 Å². The zero-order valence-corrected chi connectivity index (χ0v) is 21.1. The molecule has 1 atom stereocenters. The Morgan fingerprint density at radius 2 is 1.62 bits per heavy atom. The molecule has 0 amide bonds. The average molecular weight is 511 g/mol. The van der Waals surface area contributed by atoms with Gasteiger partial charge in [-0.25, -0.2) is 13.8 Å². The minimum absolute atomic E-state index is 0.0949. The highest BCUT2D eigenvalue weighted by Gasteiger charge is 2.32. The van der Waals surface area contributed by atoms with E-state index in [-0.39, 0.29) is 23.2 Å². The van der Waals surface area contributed by atoms with E-state index in [0.717, 1.165) is 58.4 Å². The highest BCUT2D eigenvalue weighted by Crippen LogP contribution is 2.41. The molecule has 0 saturated heterocycles. The Morgan fingerprint density at radius 3 is 2.35 bits per heavy atom. The highest BCUT2D eigenvalue weighted by atomic mass is 32.1. The number of rotatable bonds is 3. The number of aromatic nitrogens is 1. The molecule has 4 aromatic rings. The summed E-state index contributed by atoms with van der Waals surface area (Å²) in [6.45, 7) is 2.02. The van der Waals surface area contributed by atoms with Gasteiger partial charge in [-0.15, -0.1) is 0 Å². The van der Waals surface area contributed by atoms with Gasteiger partial charge in [0, 0.05) is 0 Å². The normalized spacial score (nSPS) is 18.5. The molecule has 0 saturated carbocycles. The third-order valence-electron chi connectivity index (χ3n) is 7.00. The maximum absolute atomic E-state index is 13.8. The van der Waals surface area contributed by atoms with Crippen LogP contribution >= 0.6 is 11.3 Å². The smallest absolute Gasteiger partial charge is 0.271 e. The van der Waals surface area contributed by atoms with Crippen LogP contribution in [0, 0.1) is 18.6 Å². The molecule has 37 heavy (non-hydrogen) atoms. The van der Waals surface area contributed by atoms with Crippen LogP contribution in [0.2, 0.25) is 0 Å². The third-order valence-corrected chi connectivity index (χ3v) is 7.99. The largest absolute Gasteiger partial charge is 0.272 e. The van der Waals surface area contributed by atoms with Gasteiger partial charge in [-0.1, -0.05) is 59.9 Å². The molecular formula is C31H24F2N2OS. The molecule has 3 aromatic carbocycles. The number of benzene rings is 3. The minimum Gasteiger partial charge on any atom is -0.272 e. The molecule has 1 aliphatic carbocycles. The van der Waals surface area contributed by atoms with Gasteiger partial charge in [0.15, 0.2) is 4.80 Å². The molecule has 0 spiro atoms. The van der Waals surface area contributed by atoms with Crippen molar-refractivity contribution >= 4 is 23.5 Å². The lowest BCUT2D eigenvalue weighted by atomic mass is 9.84. The van der Waals surface area contributed by atoms with E-state index >= 15 is 0 Å². The quantitative estimate of drug-likeness (QED) is 0.330. The van der Waals surface area contributed by atoms with Crippen LogP contribution in [0.15, 0.2) is 99.4 Å². The van der Waals surface area contributed by atoms with Crippen molar-refractivity contribution in [2.24, 2.45) is 4.99 Å². The third kappa shape index (κ3) is 4.42. The fourth-order valence-corrected chi connectivity index (χ4v) is 6.14. The first-order chi connectivity index (χ1) is 18.0. The summed E-state index contributed by atoms with van der Waals surface area (Å²) >= 11 is 1.38. The van der Waals surface area contributed by atoms with Gasteiger partial charge in [0.1, 0.15) is 11.6 Å². The van der Waals surface area contributed by atoms with Crippen molar-refractivity contribution < 1.29 is 8.78 Å². The summed E-state index contributed by atoms with van der Waals surface area (Å²) in [5.41, 5.74) is 6.75. The van der Waals surface area contributed by atoms with Crippen molar-refractivity contribution in [1.29, 1.82) is 0 Å². The number of fused-ring (bicyclic) bond motifs is 1. The molecule has 6 heteroatoms. The van der Waals surface area contributed by atoms with Gasteiger partial charge < -0.3 is 0 Å². The SMILES string of the molecule is Cc1ccccc1/C=c1/sc2n(c1=O)C(c1ccc(F)cc1)C1=C(N=2)/C(=C/c2ccc(F)cc2)CCC1. The van der Waals surface area contributed by atoms with Crippen LogP contribution in [0.25, 0.3) is 12.2 Å². The van der Waals surface area contributed by atoms with Gasteiger partial charge in [-0.2, -0.15) is 0 Å². The number of halogens is 2. The van der Waals surface area contributed by atoms with Gasteiger partial charge in [-0.3, -0.25) is 9.36 Å². The predicted octanol–water partition coefficient (Wildman–Crippen LogP) is 6.07. The van der Waals surface area contributed by atoms with Crippen molar-refractivity contribution in [2.75, 3.05) is 0 Å². The number of nitrogens with zero attached hydrogens (tertiary/aromatic N) is 2. The van der Waals surface area contributed by atoms with Crippen LogP contribution in [-0.4, -0.2) is 4.57 Å². The van der Waals surface area contributed by atoms with E-state index < -0.39 is 0 Å². The first-order valence-electron chi connectivity index (χ1n) is 12.3. The lowest BCUT2D eigenvalue weighted by molar-refractivity contribution is 0.551. The standard InChI is InChI=1S/C31H24F2N2OS/c1-19-5-2-3-6-22(19)18-27-30(36)35-29(21-11-15-25(33)16-12-21)26-8-4-7-23(28(26)34-31(35)37-27)17-20-9-13-24(32)14-10-20/h2-3,5-6,9-18,29H,4,7-8H2,1H3/b23-17+,27-18+. The second-order valence-electron chi connectivity index (χ2n) is 9.44. The number of hydrogen-bond acceptors (Lipinski definition) is 3. The highest BCUT2D eigenvalue weighted by molar-refractivity contribution is 7.07. The monoisotopic (exact) mass is 510 g/mol. The zero-order valence-electron chi connectivity index (χ0n) is 20.2. The lowest BCUT2D eigenvalue weighted by Crippen LogP contribution is -2.39. The second kappa shape index (κ2) is 9.52. The number of aryl methyl sites for hydroxylation is 1. The zero-order chi connectivity index (χ0) is 25.5. The molecule has 0 bridgehead atoms. The molecule has 3 nitrogen and oxygen atoms in total. The maximum Gasteiger partial charge on any atom is 0.271 e. The molecule has 0 fully saturated rings. The molecule has 2 aliphatic rings. The molecule has 1 unspecified atom stereocenters. The van der Waals surface area contributed by atoms with Crippen LogP contribution in [-0.2, 0) is 0 Å². The summed E-state index contributed by atoms with van der Waals surface area (Å²) in [5.74, 6) is -0.588. The van der Waals surface area contributed by atoms with Crippen LogP contribution < -0.4 is 14.9 Å². The first-order valence-corrected chi connectivity index (χ1v) is 13.1.